The third-order valence-corrected chi connectivity index (χ3v) is 5.21. The van der Waals surface area contributed by atoms with Gasteiger partial charge in [-0.1, -0.05) is 12.8 Å². The second-order valence-corrected chi connectivity index (χ2v) is 7.33. The highest BCUT2D eigenvalue weighted by atomic mass is 16.2. The number of nitrogens with one attached hydrogen (secondary N) is 2. The van der Waals surface area contributed by atoms with Crippen LogP contribution in [0, 0.1) is 5.41 Å². The van der Waals surface area contributed by atoms with Gasteiger partial charge in [0.05, 0.1) is 0 Å². The van der Waals surface area contributed by atoms with Gasteiger partial charge in [-0.3, -0.25) is 19.6 Å². The molecule has 0 aromatic carbocycles. The number of nitrogens with zero attached hydrogens (tertiary/aromatic N) is 2. The highest BCUT2D eigenvalue weighted by Gasteiger charge is 2.37. The lowest BCUT2D eigenvalue weighted by atomic mass is 9.79. The molecule has 2 heterocycles. The Balaban J connectivity index is 1.50. The largest absolute Gasteiger partial charge is 0.352 e. The van der Waals surface area contributed by atoms with Crippen LogP contribution in [-0.2, 0) is 22.7 Å². The van der Waals surface area contributed by atoms with Crippen LogP contribution in [0.25, 0.3) is 0 Å². The Morgan fingerprint density at radius 3 is 1.59 bits per heavy atom. The molecule has 1 aliphatic carbocycles. The van der Waals surface area contributed by atoms with E-state index in [2.05, 4.69) is 20.6 Å². The predicted molar refractivity (Wildman–Crippen MR) is 102 cm³/mol. The van der Waals surface area contributed by atoms with Crippen LogP contribution >= 0.6 is 0 Å². The van der Waals surface area contributed by atoms with Crippen LogP contribution in [0.4, 0.5) is 0 Å². The maximum atomic E-state index is 12.5. The first kappa shape index (κ1) is 19.0. The lowest BCUT2D eigenvalue weighted by Gasteiger charge is -2.27. The molecule has 1 saturated carbocycles. The average molecular weight is 366 g/mol. The summed E-state index contributed by atoms with van der Waals surface area (Å²) >= 11 is 0. The Morgan fingerprint density at radius 1 is 0.778 bits per heavy atom. The Hall–Kier alpha value is -2.76. The molecule has 0 spiro atoms. The fourth-order valence-electron chi connectivity index (χ4n) is 3.75. The van der Waals surface area contributed by atoms with Crippen LogP contribution in [0.3, 0.4) is 0 Å². The van der Waals surface area contributed by atoms with Crippen molar-refractivity contribution >= 4 is 11.8 Å². The minimum absolute atomic E-state index is 0.00986. The smallest absolute Gasteiger partial charge is 0.220 e. The highest BCUT2D eigenvalue weighted by molar-refractivity contribution is 5.80. The SMILES string of the molecule is O=C(CC1(CC(=O)NCc2ccncc2)CCCC1)NCc1ccncc1. The number of carbonyl (C=O) groups excluding carboxylic acids is 2. The molecule has 0 aliphatic heterocycles. The van der Waals surface area contributed by atoms with Gasteiger partial charge >= 0.3 is 0 Å². The Kier molecular flexibility index (Phi) is 6.52. The molecule has 2 aromatic rings. The lowest BCUT2D eigenvalue weighted by molar-refractivity contribution is -0.126. The molecular weight excluding hydrogens is 340 g/mol. The van der Waals surface area contributed by atoms with Crippen molar-refractivity contribution in [2.45, 2.75) is 51.6 Å². The van der Waals surface area contributed by atoms with Gasteiger partial charge in [0.1, 0.15) is 0 Å². The maximum Gasteiger partial charge on any atom is 0.220 e. The Labute approximate surface area is 159 Å². The van der Waals surface area contributed by atoms with Gasteiger partial charge in [-0.25, -0.2) is 0 Å². The van der Waals surface area contributed by atoms with Gasteiger partial charge in [0, 0.05) is 50.7 Å². The van der Waals surface area contributed by atoms with E-state index in [0.717, 1.165) is 36.8 Å². The fraction of sp³-hybridized carbons (Fsp3) is 0.429. The third-order valence-electron chi connectivity index (χ3n) is 5.21. The van der Waals surface area contributed by atoms with E-state index in [1.165, 1.54) is 0 Å². The summed E-state index contributed by atoms with van der Waals surface area (Å²) in [6.45, 7) is 0.983. The molecule has 1 fully saturated rings. The van der Waals surface area contributed by atoms with E-state index >= 15 is 0 Å². The number of rotatable bonds is 8. The second kappa shape index (κ2) is 9.26. The monoisotopic (exact) mass is 366 g/mol. The van der Waals surface area contributed by atoms with Crippen LogP contribution in [-0.4, -0.2) is 21.8 Å². The van der Waals surface area contributed by atoms with E-state index < -0.39 is 0 Å². The normalized spacial score (nSPS) is 15.3. The molecule has 6 heteroatoms. The summed E-state index contributed by atoms with van der Waals surface area (Å²) in [5, 5.41) is 5.95. The molecule has 2 aromatic heterocycles. The number of aromatic nitrogens is 2. The van der Waals surface area contributed by atoms with Gasteiger partial charge < -0.3 is 10.6 Å². The minimum atomic E-state index is -0.218. The summed E-state index contributed by atoms with van der Waals surface area (Å²) < 4.78 is 0. The molecule has 0 radical (unpaired) electrons. The van der Waals surface area contributed by atoms with Crippen LogP contribution < -0.4 is 10.6 Å². The van der Waals surface area contributed by atoms with Crippen molar-refractivity contribution in [3.63, 3.8) is 0 Å². The molecule has 27 heavy (non-hydrogen) atoms. The maximum absolute atomic E-state index is 12.5. The van der Waals surface area contributed by atoms with Crippen molar-refractivity contribution in [2.75, 3.05) is 0 Å². The van der Waals surface area contributed by atoms with Crippen LogP contribution in [0.5, 0.6) is 0 Å². The van der Waals surface area contributed by atoms with E-state index in [1.807, 2.05) is 24.3 Å². The first-order chi connectivity index (χ1) is 13.2. The van der Waals surface area contributed by atoms with E-state index in [4.69, 9.17) is 0 Å². The van der Waals surface area contributed by atoms with E-state index in [9.17, 15) is 9.59 Å². The summed E-state index contributed by atoms with van der Waals surface area (Å²) in [5.74, 6) is 0.0197. The van der Waals surface area contributed by atoms with Crippen LogP contribution in [0.15, 0.2) is 49.1 Å². The molecule has 3 rings (SSSR count). The summed E-state index contributed by atoms with van der Waals surface area (Å²) in [5.41, 5.74) is 1.83. The molecule has 2 N–H and O–H groups in total. The summed E-state index contributed by atoms with van der Waals surface area (Å²) in [7, 11) is 0. The number of hydrogen-bond acceptors (Lipinski definition) is 4. The van der Waals surface area contributed by atoms with Crippen LogP contribution in [0.2, 0.25) is 0 Å². The molecule has 0 bridgehead atoms. The first-order valence-electron chi connectivity index (χ1n) is 9.46. The lowest BCUT2D eigenvalue weighted by Crippen LogP contribution is -2.35. The molecule has 0 atom stereocenters. The summed E-state index contributed by atoms with van der Waals surface area (Å²) in [4.78, 5) is 32.9. The average Bonchev–Trinajstić information content (AvgIpc) is 3.14. The van der Waals surface area contributed by atoms with E-state index in [0.29, 0.717) is 25.9 Å². The molecule has 0 saturated heterocycles. The van der Waals surface area contributed by atoms with Gasteiger partial charge in [0.2, 0.25) is 11.8 Å². The number of amides is 2. The van der Waals surface area contributed by atoms with Crippen molar-refractivity contribution in [1.29, 1.82) is 0 Å². The second-order valence-electron chi connectivity index (χ2n) is 7.33. The van der Waals surface area contributed by atoms with Gasteiger partial charge in [0.15, 0.2) is 0 Å². The van der Waals surface area contributed by atoms with Gasteiger partial charge in [-0.15, -0.1) is 0 Å². The van der Waals surface area contributed by atoms with Gasteiger partial charge in [-0.2, -0.15) is 0 Å². The molecular formula is C21H26N4O2. The molecule has 142 valence electrons. The number of hydrogen-bond donors (Lipinski definition) is 2. The van der Waals surface area contributed by atoms with E-state index in [1.54, 1.807) is 24.8 Å². The number of pyridine rings is 2. The zero-order valence-electron chi connectivity index (χ0n) is 15.5. The van der Waals surface area contributed by atoms with Gasteiger partial charge in [0.25, 0.3) is 0 Å². The minimum Gasteiger partial charge on any atom is -0.352 e. The van der Waals surface area contributed by atoms with E-state index in [-0.39, 0.29) is 17.2 Å². The Morgan fingerprint density at radius 2 is 1.19 bits per heavy atom. The van der Waals surface area contributed by atoms with Crippen molar-refractivity contribution in [3.8, 4) is 0 Å². The quantitative estimate of drug-likeness (QED) is 0.752. The zero-order valence-corrected chi connectivity index (χ0v) is 15.5. The van der Waals surface area contributed by atoms with Crippen molar-refractivity contribution in [1.82, 2.24) is 20.6 Å². The fourth-order valence-corrected chi connectivity index (χ4v) is 3.75. The molecule has 2 amide bonds. The number of carbonyl (C=O) groups is 2. The summed E-state index contributed by atoms with van der Waals surface area (Å²) in [6.07, 6.45) is 11.7. The molecule has 0 unspecified atom stereocenters. The third kappa shape index (κ3) is 5.88. The van der Waals surface area contributed by atoms with Crippen LogP contribution in [0.1, 0.15) is 49.7 Å². The standard InChI is InChI=1S/C21H26N4O2/c26-19(24-15-17-3-9-22-10-4-17)13-21(7-1-2-8-21)14-20(27)25-16-18-5-11-23-12-6-18/h3-6,9-12H,1-2,7-8,13-16H2,(H,24,26)(H,25,27). The Bertz CT molecular complexity index is 684. The molecule has 1 aliphatic rings. The summed E-state index contributed by atoms with van der Waals surface area (Å²) in [6, 6.07) is 7.55. The zero-order chi connectivity index (χ0) is 19.0. The highest BCUT2D eigenvalue weighted by Crippen LogP contribution is 2.44. The van der Waals surface area contributed by atoms with Crippen molar-refractivity contribution < 1.29 is 9.59 Å². The van der Waals surface area contributed by atoms with Crippen molar-refractivity contribution in [2.24, 2.45) is 5.41 Å². The molecule has 6 nitrogen and oxygen atoms in total. The topological polar surface area (TPSA) is 84.0 Å². The van der Waals surface area contributed by atoms with Crippen molar-refractivity contribution in [3.05, 3.63) is 60.2 Å². The van der Waals surface area contributed by atoms with Gasteiger partial charge in [-0.05, 0) is 53.6 Å². The first-order valence-corrected chi connectivity index (χ1v) is 9.46. The predicted octanol–water partition coefficient (Wildman–Crippen LogP) is 2.75.